The van der Waals surface area contributed by atoms with E-state index < -0.39 is 28.7 Å². The van der Waals surface area contributed by atoms with Gasteiger partial charge in [0.15, 0.2) is 0 Å². The van der Waals surface area contributed by atoms with E-state index in [0.717, 1.165) is 22.8 Å². The third-order valence-electron chi connectivity index (χ3n) is 3.74. The third-order valence-corrected chi connectivity index (χ3v) is 3.74. The quantitative estimate of drug-likeness (QED) is 0.703. The first kappa shape index (κ1) is 15.3. The van der Waals surface area contributed by atoms with Crippen LogP contribution in [-0.2, 0) is 6.42 Å². The molecule has 0 amide bonds. The molecule has 118 valence electrons. The van der Waals surface area contributed by atoms with Gasteiger partial charge < -0.3 is 0 Å². The van der Waals surface area contributed by atoms with Crippen molar-refractivity contribution in [3.8, 4) is 5.69 Å². The zero-order valence-corrected chi connectivity index (χ0v) is 12.4. The molecule has 0 saturated heterocycles. The lowest BCUT2D eigenvalue weighted by atomic mass is 10.1. The Kier molecular flexibility index (Phi) is 3.94. The predicted molar refractivity (Wildman–Crippen MR) is 83.4 cm³/mol. The molecule has 5 heteroatoms. The van der Waals surface area contributed by atoms with Gasteiger partial charge in [-0.3, -0.25) is 9.36 Å². The SMILES string of the molecule is CCCc1cc2cccc(F)c2c(=O)n1-c1c(F)cccc1F. The number of benzene rings is 2. The van der Waals surface area contributed by atoms with Gasteiger partial charge in [0.2, 0.25) is 0 Å². The highest BCUT2D eigenvalue weighted by Crippen LogP contribution is 2.22. The number of pyridine rings is 1. The highest BCUT2D eigenvalue weighted by molar-refractivity contribution is 5.83. The molecule has 3 aromatic rings. The number of aromatic nitrogens is 1. The number of para-hydroxylation sites is 1. The van der Waals surface area contributed by atoms with Gasteiger partial charge in [0, 0.05) is 5.69 Å². The lowest BCUT2D eigenvalue weighted by Gasteiger charge is -2.15. The van der Waals surface area contributed by atoms with E-state index in [-0.39, 0.29) is 5.39 Å². The van der Waals surface area contributed by atoms with Gasteiger partial charge in [0.05, 0.1) is 5.39 Å². The van der Waals surface area contributed by atoms with E-state index in [0.29, 0.717) is 23.9 Å². The molecule has 1 heterocycles. The largest absolute Gasteiger partial charge is 0.275 e. The molecule has 0 aliphatic heterocycles. The van der Waals surface area contributed by atoms with E-state index in [9.17, 15) is 18.0 Å². The molecule has 0 radical (unpaired) electrons. The van der Waals surface area contributed by atoms with Crippen molar-refractivity contribution < 1.29 is 13.2 Å². The van der Waals surface area contributed by atoms with Crippen LogP contribution in [0.3, 0.4) is 0 Å². The van der Waals surface area contributed by atoms with Crippen LogP contribution in [0.1, 0.15) is 19.0 Å². The molecular weight excluding hydrogens is 303 g/mol. The van der Waals surface area contributed by atoms with Crippen LogP contribution in [0.4, 0.5) is 13.2 Å². The molecule has 0 atom stereocenters. The highest BCUT2D eigenvalue weighted by atomic mass is 19.1. The van der Waals surface area contributed by atoms with Gasteiger partial charge in [-0.2, -0.15) is 0 Å². The summed E-state index contributed by atoms with van der Waals surface area (Å²) in [4.78, 5) is 12.7. The maximum atomic E-state index is 14.1. The van der Waals surface area contributed by atoms with Gasteiger partial charge in [0.25, 0.3) is 5.56 Å². The Labute approximate surface area is 130 Å². The zero-order valence-electron chi connectivity index (χ0n) is 12.4. The summed E-state index contributed by atoms with van der Waals surface area (Å²) in [5.41, 5.74) is -0.779. The van der Waals surface area contributed by atoms with Gasteiger partial charge in [-0.25, -0.2) is 13.2 Å². The van der Waals surface area contributed by atoms with Crippen LogP contribution in [0, 0.1) is 17.5 Å². The first-order valence-corrected chi connectivity index (χ1v) is 7.32. The summed E-state index contributed by atoms with van der Waals surface area (Å²) in [6.07, 6.45) is 1.12. The molecule has 2 nitrogen and oxygen atoms in total. The average Bonchev–Trinajstić information content (AvgIpc) is 2.50. The topological polar surface area (TPSA) is 22.0 Å². The Hall–Kier alpha value is -2.56. The fourth-order valence-corrected chi connectivity index (χ4v) is 2.76. The van der Waals surface area contributed by atoms with Gasteiger partial charge in [0.1, 0.15) is 23.1 Å². The second-order valence-corrected chi connectivity index (χ2v) is 5.30. The van der Waals surface area contributed by atoms with Crippen molar-refractivity contribution in [3.05, 3.63) is 76.0 Å². The maximum Gasteiger partial charge on any atom is 0.266 e. The smallest absolute Gasteiger partial charge is 0.266 e. The van der Waals surface area contributed by atoms with Crippen molar-refractivity contribution in [2.45, 2.75) is 19.8 Å². The zero-order chi connectivity index (χ0) is 16.6. The molecule has 3 rings (SSSR count). The molecular formula is C18H14F3NO. The van der Waals surface area contributed by atoms with E-state index in [1.165, 1.54) is 12.1 Å². The number of hydrogen-bond acceptors (Lipinski definition) is 1. The van der Waals surface area contributed by atoms with Crippen molar-refractivity contribution in [1.82, 2.24) is 4.57 Å². The Morgan fingerprint density at radius 2 is 1.57 bits per heavy atom. The summed E-state index contributed by atoms with van der Waals surface area (Å²) in [5.74, 6) is -2.43. The monoisotopic (exact) mass is 317 g/mol. The molecule has 0 aliphatic carbocycles. The summed E-state index contributed by atoms with van der Waals surface area (Å²) in [6.45, 7) is 1.89. The predicted octanol–water partition coefficient (Wildman–Crippen LogP) is 4.36. The van der Waals surface area contributed by atoms with E-state index in [1.807, 2.05) is 6.92 Å². The van der Waals surface area contributed by atoms with Crippen molar-refractivity contribution in [3.63, 3.8) is 0 Å². The lowest BCUT2D eigenvalue weighted by molar-refractivity contribution is 0.562. The summed E-state index contributed by atoms with van der Waals surface area (Å²) >= 11 is 0. The number of aryl methyl sites for hydroxylation is 1. The summed E-state index contributed by atoms with van der Waals surface area (Å²) in [5, 5.41) is 0.251. The molecule has 23 heavy (non-hydrogen) atoms. The van der Waals surface area contributed by atoms with Crippen LogP contribution in [0.15, 0.2) is 47.3 Å². The first-order chi connectivity index (χ1) is 11.0. The summed E-state index contributed by atoms with van der Waals surface area (Å²) in [7, 11) is 0. The van der Waals surface area contributed by atoms with Crippen LogP contribution < -0.4 is 5.56 Å². The Bertz CT molecular complexity index is 927. The molecule has 0 spiro atoms. The van der Waals surface area contributed by atoms with E-state index >= 15 is 0 Å². The summed E-state index contributed by atoms with van der Waals surface area (Å²) < 4.78 is 43.3. The molecule has 0 fully saturated rings. The fraction of sp³-hybridized carbons (Fsp3) is 0.167. The number of fused-ring (bicyclic) bond motifs is 1. The molecule has 1 aromatic heterocycles. The van der Waals surface area contributed by atoms with Crippen molar-refractivity contribution >= 4 is 10.8 Å². The van der Waals surface area contributed by atoms with Gasteiger partial charge >= 0.3 is 0 Å². The number of hydrogen-bond donors (Lipinski definition) is 0. The molecule has 0 unspecified atom stereocenters. The molecule has 2 aromatic carbocycles. The minimum Gasteiger partial charge on any atom is -0.275 e. The molecule has 0 aliphatic rings. The Balaban J connectivity index is 2.48. The van der Waals surface area contributed by atoms with E-state index in [2.05, 4.69) is 0 Å². The van der Waals surface area contributed by atoms with Gasteiger partial charge in [-0.1, -0.05) is 31.5 Å². The molecule has 0 bridgehead atoms. The Morgan fingerprint density at radius 1 is 0.957 bits per heavy atom. The summed E-state index contributed by atoms with van der Waals surface area (Å²) in [6, 6.07) is 9.25. The fourth-order valence-electron chi connectivity index (χ4n) is 2.76. The van der Waals surface area contributed by atoms with Crippen LogP contribution in [0.5, 0.6) is 0 Å². The molecule has 0 saturated carbocycles. The normalized spacial score (nSPS) is 11.1. The third kappa shape index (κ3) is 2.52. The molecule has 0 N–H and O–H groups in total. The number of nitrogens with zero attached hydrogens (tertiary/aromatic N) is 1. The minimum atomic E-state index is -0.861. The lowest BCUT2D eigenvalue weighted by Crippen LogP contribution is -2.25. The van der Waals surface area contributed by atoms with Crippen molar-refractivity contribution in [1.29, 1.82) is 0 Å². The van der Waals surface area contributed by atoms with Crippen LogP contribution >= 0.6 is 0 Å². The van der Waals surface area contributed by atoms with Crippen molar-refractivity contribution in [2.75, 3.05) is 0 Å². The van der Waals surface area contributed by atoms with Crippen molar-refractivity contribution in [2.24, 2.45) is 0 Å². The van der Waals surface area contributed by atoms with Gasteiger partial charge in [-0.15, -0.1) is 0 Å². The first-order valence-electron chi connectivity index (χ1n) is 7.32. The van der Waals surface area contributed by atoms with Crippen LogP contribution in [-0.4, -0.2) is 4.57 Å². The highest BCUT2D eigenvalue weighted by Gasteiger charge is 2.19. The van der Waals surface area contributed by atoms with E-state index in [4.69, 9.17) is 0 Å². The second kappa shape index (κ2) is 5.91. The average molecular weight is 317 g/mol. The number of halogens is 3. The second-order valence-electron chi connectivity index (χ2n) is 5.30. The standard InChI is InChI=1S/C18H14F3NO/c1-2-5-12-10-11-6-3-7-13(19)16(11)18(23)22(12)17-14(20)8-4-9-15(17)21/h3-4,6-10H,2,5H2,1H3. The Morgan fingerprint density at radius 3 is 2.22 bits per heavy atom. The minimum absolute atomic E-state index is 0.171. The maximum absolute atomic E-state index is 14.1. The number of rotatable bonds is 3. The van der Waals surface area contributed by atoms with Gasteiger partial charge in [-0.05, 0) is 36.1 Å². The van der Waals surface area contributed by atoms with E-state index in [1.54, 1.807) is 12.1 Å². The van der Waals surface area contributed by atoms with Crippen LogP contribution in [0.2, 0.25) is 0 Å². The van der Waals surface area contributed by atoms with Crippen LogP contribution in [0.25, 0.3) is 16.5 Å².